The lowest BCUT2D eigenvalue weighted by atomic mass is 10.0. The molecule has 0 aliphatic rings. The maximum absolute atomic E-state index is 12.0. The van der Waals surface area contributed by atoms with Gasteiger partial charge in [-0.25, -0.2) is 4.79 Å². The van der Waals surface area contributed by atoms with E-state index in [1.807, 2.05) is 31.2 Å². The fraction of sp³-hybridized carbons (Fsp3) is 0.263. The summed E-state index contributed by atoms with van der Waals surface area (Å²) in [5.74, 6) is -1.23. The summed E-state index contributed by atoms with van der Waals surface area (Å²) in [5.41, 5.74) is 2.74. The first-order valence-corrected chi connectivity index (χ1v) is 7.83. The average molecular weight is 327 g/mol. The Hall–Kier alpha value is -2.66. The van der Waals surface area contributed by atoms with E-state index >= 15 is 0 Å². The highest BCUT2D eigenvalue weighted by molar-refractivity contribution is 5.91. The third kappa shape index (κ3) is 5.21. The number of rotatable bonds is 8. The Morgan fingerprint density at radius 1 is 1.04 bits per heavy atom. The van der Waals surface area contributed by atoms with Gasteiger partial charge in [0.15, 0.2) is 0 Å². The van der Waals surface area contributed by atoms with Gasteiger partial charge in [0.1, 0.15) is 0 Å². The number of nitrogens with one attached hydrogen (secondary N) is 1. The number of carboxylic acid groups (broad SMARTS) is 1. The van der Waals surface area contributed by atoms with Crippen LogP contribution in [0.3, 0.4) is 0 Å². The van der Waals surface area contributed by atoms with Crippen molar-refractivity contribution < 1.29 is 19.4 Å². The summed E-state index contributed by atoms with van der Waals surface area (Å²) >= 11 is 0. The van der Waals surface area contributed by atoms with E-state index in [9.17, 15) is 9.59 Å². The lowest BCUT2D eigenvalue weighted by Crippen LogP contribution is -2.25. The molecule has 0 saturated carbocycles. The molecule has 2 aromatic carbocycles. The standard InChI is InChI=1S/C19H21NO4/c1-2-24-13-15-9-7-14(8-10-15)12-20-18(21)11-16-5-3-4-6-17(16)19(22)23/h3-10H,2,11-13H2,1H3,(H,20,21)(H,22,23). The minimum Gasteiger partial charge on any atom is -0.478 e. The predicted molar refractivity (Wildman–Crippen MR) is 90.7 cm³/mol. The van der Waals surface area contributed by atoms with E-state index in [-0.39, 0.29) is 17.9 Å². The number of ether oxygens (including phenoxy) is 1. The van der Waals surface area contributed by atoms with Crippen LogP contribution in [0.5, 0.6) is 0 Å². The van der Waals surface area contributed by atoms with Gasteiger partial charge >= 0.3 is 5.97 Å². The highest BCUT2D eigenvalue weighted by Crippen LogP contribution is 2.10. The Bertz CT molecular complexity index is 695. The molecule has 0 spiro atoms. The third-order valence-corrected chi connectivity index (χ3v) is 3.58. The molecule has 2 aromatic rings. The van der Waals surface area contributed by atoms with Crippen LogP contribution in [0, 0.1) is 0 Å². The molecule has 0 radical (unpaired) electrons. The number of benzene rings is 2. The fourth-order valence-electron chi connectivity index (χ4n) is 2.29. The second-order valence-corrected chi connectivity index (χ2v) is 5.37. The van der Waals surface area contributed by atoms with E-state index in [0.717, 1.165) is 11.1 Å². The summed E-state index contributed by atoms with van der Waals surface area (Å²) in [6, 6.07) is 14.4. The van der Waals surface area contributed by atoms with E-state index in [2.05, 4.69) is 5.32 Å². The molecular formula is C19H21NO4. The zero-order valence-electron chi connectivity index (χ0n) is 13.6. The van der Waals surface area contributed by atoms with Crippen LogP contribution < -0.4 is 5.32 Å². The van der Waals surface area contributed by atoms with Gasteiger partial charge in [0, 0.05) is 13.2 Å². The van der Waals surface area contributed by atoms with Gasteiger partial charge in [-0.05, 0) is 29.7 Å². The number of hydrogen-bond donors (Lipinski definition) is 2. The van der Waals surface area contributed by atoms with Crippen LogP contribution in [-0.4, -0.2) is 23.6 Å². The Labute approximate surface area is 141 Å². The number of carbonyl (C=O) groups is 2. The molecule has 5 nitrogen and oxygen atoms in total. The van der Waals surface area contributed by atoms with E-state index < -0.39 is 5.97 Å². The summed E-state index contributed by atoms with van der Waals surface area (Å²) in [4.78, 5) is 23.2. The normalized spacial score (nSPS) is 10.4. The van der Waals surface area contributed by atoms with Crippen molar-refractivity contribution in [3.63, 3.8) is 0 Å². The van der Waals surface area contributed by atoms with Crippen molar-refractivity contribution >= 4 is 11.9 Å². The fourth-order valence-corrected chi connectivity index (χ4v) is 2.29. The quantitative estimate of drug-likeness (QED) is 0.782. The highest BCUT2D eigenvalue weighted by Gasteiger charge is 2.12. The predicted octanol–water partition coefficient (Wildman–Crippen LogP) is 2.78. The Kier molecular flexibility index (Phi) is 6.51. The van der Waals surface area contributed by atoms with Crippen LogP contribution in [0.1, 0.15) is 34.0 Å². The van der Waals surface area contributed by atoms with Crippen molar-refractivity contribution in [1.82, 2.24) is 5.32 Å². The molecule has 5 heteroatoms. The maximum Gasteiger partial charge on any atom is 0.335 e. The van der Waals surface area contributed by atoms with Crippen LogP contribution >= 0.6 is 0 Å². The summed E-state index contributed by atoms with van der Waals surface area (Å²) in [7, 11) is 0. The molecule has 0 aliphatic carbocycles. The van der Waals surface area contributed by atoms with E-state index in [1.54, 1.807) is 18.2 Å². The second-order valence-electron chi connectivity index (χ2n) is 5.37. The molecule has 0 bridgehead atoms. The van der Waals surface area contributed by atoms with Crippen molar-refractivity contribution in [2.75, 3.05) is 6.61 Å². The highest BCUT2D eigenvalue weighted by atomic mass is 16.5. The van der Waals surface area contributed by atoms with Crippen LogP contribution in [0.25, 0.3) is 0 Å². The van der Waals surface area contributed by atoms with Crippen molar-refractivity contribution in [1.29, 1.82) is 0 Å². The molecule has 2 N–H and O–H groups in total. The molecule has 0 aliphatic heterocycles. The van der Waals surface area contributed by atoms with Gasteiger partial charge in [-0.15, -0.1) is 0 Å². The molecule has 2 rings (SSSR count). The molecule has 0 atom stereocenters. The Morgan fingerprint density at radius 2 is 1.71 bits per heavy atom. The van der Waals surface area contributed by atoms with E-state index in [0.29, 0.717) is 25.3 Å². The molecule has 0 heterocycles. The smallest absolute Gasteiger partial charge is 0.335 e. The molecule has 1 amide bonds. The number of amides is 1. The Morgan fingerprint density at radius 3 is 2.38 bits per heavy atom. The van der Waals surface area contributed by atoms with Gasteiger partial charge in [-0.2, -0.15) is 0 Å². The second kappa shape index (κ2) is 8.84. The van der Waals surface area contributed by atoms with Crippen molar-refractivity contribution in [2.45, 2.75) is 26.5 Å². The average Bonchev–Trinajstić information content (AvgIpc) is 2.59. The summed E-state index contributed by atoms with van der Waals surface area (Å²) in [6.07, 6.45) is 0.0465. The first-order valence-electron chi connectivity index (χ1n) is 7.83. The monoisotopic (exact) mass is 327 g/mol. The van der Waals surface area contributed by atoms with Crippen molar-refractivity contribution in [3.05, 3.63) is 70.8 Å². The molecule has 0 aromatic heterocycles. The number of hydrogen-bond acceptors (Lipinski definition) is 3. The summed E-state index contributed by atoms with van der Waals surface area (Å²) in [5, 5.41) is 11.9. The van der Waals surface area contributed by atoms with E-state index in [4.69, 9.17) is 9.84 Å². The SMILES string of the molecule is CCOCc1ccc(CNC(=O)Cc2ccccc2C(=O)O)cc1. The summed E-state index contributed by atoms with van der Waals surface area (Å²) in [6.45, 7) is 3.61. The van der Waals surface area contributed by atoms with Gasteiger partial charge in [0.2, 0.25) is 5.91 Å². The van der Waals surface area contributed by atoms with Crippen LogP contribution in [0.2, 0.25) is 0 Å². The minimum atomic E-state index is -1.02. The molecule has 126 valence electrons. The molecular weight excluding hydrogens is 306 g/mol. The van der Waals surface area contributed by atoms with Gasteiger partial charge in [-0.3, -0.25) is 4.79 Å². The van der Waals surface area contributed by atoms with Crippen molar-refractivity contribution in [3.8, 4) is 0 Å². The zero-order valence-corrected chi connectivity index (χ0v) is 13.6. The zero-order chi connectivity index (χ0) is 17.4. The maximum atomic E-state index is 12.0. The molecule has 0 fully saturated rings. The molecule has 0 saturated heterocycles. The van der Waals surface area contributed by atoms with Gasteiger partial charge in [0.05, 0.1) is 18.6 Å². The topological polar surface area (TPSA) is 75.6 Å². The first kappa shape index (κ1) is 17.7. The third-order valence-electron chi connectivity index (χ3n) is 3.58. The van der Waals surface area contributed by atoms with Crippen LogP contribution in [-0.2, 0) is 29.1 Å². The van der Waals surface area contributed by atoms with Gasteiger partial charge < -0.3 is 15.2 Å². The molecule has 0 unspecified atom stereocenters. The number of carbonyl (C=O) groups excluding carboxylic acids is 1. The van der Waals surface area contributed by atoms with Gasteiger partial charge in [0.25, 0.3) is 0 Å². The lowest BCUT2D eigenvalue weighted by molar-refractivity contribution is -0.120. The molecule has 24 heavy (non-hydrogen) atoms. The number of aromatic carboxylic acids is 1. The first-order chi connectivity index (χ1) is 11.6. The Balaban J connectivity index is 1.88. The van der Waals surface area contributed by atoms with Gasteiger partial charge in [-0.1, -0.05) is 42.5 Å². The van der Waals surface area contributed by atoms with E-state index in [1.165, 1.54) is 6.07 Å². The van der Waals surface area contributed by atoms with Crippen molar-refractivity contribution in [2.24, 2.45) is 0 Å². The van der Waals surface area contributed by atoms with Crippen LogP contribution in [0.15, 0.2) is 48.5 Å². The lowest BCUT2D eigenvalue weighted by Gasteiger charge is -2.08. The largest absolute Gasteiger partial charge is 0.478 e. The van der Waals surface area contributed by atoms with Crippen LogP contribution in [0.4, 0.5) is 0 Å². The number of carboxylic acids is 1. The minimum absolute atomic E-state index is 0.0465. The summed E-state index contributed by atoms with van der Waals surface area (Å²) < 4.78 is 5.34.